The van der Waals surface area contributed by atoms with Crippen LogP contribution in [0.15, 0.2) is 60.7 Å². The lowest BCUT2D eigenvalue weighted by molar-refractivity contribution is -0.0492. The molecule has 5 unspecified atom stereocenters. The maximum atomic E-state index is 15.2. The van der Waals surface area contributed by atoms with Crippen LogP contribution in [0.2, 0.25) is 0 Å². The summed E-state index contributed by atoms with van der Waals surface area (Å²) in [6.45, 7) is 1.96. The predicted octanol–water partition coefficient (Wildman–Crippen LogP) is 4.24. The summed E-state index contributed by atoms with van der Waals surface area (Å²) in [5.74, 6) is 0.140. The molecule has 6 atom stereocenters. The first-order valence-corrected chi connectivity index (χ1v) is 14.6. The number of amides is 1. The average Bonchev–Trinajstić information content (AvgIpc) is 3.21. The highest BCUT2D eigenvalue weighted by Gasteiger charge is 2.45. The van der Waals surface area contributed by atoms with E-state index >= 15 is 4.39 Å². The summed E-state index contributed by atoms with van der Waals surface area (Å²) in [6, 6.07) is 17.7. The molecule has 2 aromatic carbocycles. The van der Waals surface area contributed by atoms with Crippen molar-refractivity contribution in [3.05, 3.63) is 71.8 Å². The number of nitrogens with one attached hydrogen (secondary N) is 1. The minimum atomic E-state index is -3.76. The molecule has 0 bridgehead atoms. The predicted molar refractivity (Wildman–Crippen MR) is 144 cm³/mol. The van der Waals surface area contributed by atoms with Gasteiger partial charge in [-0.05, 0) is 49.7 Å². The van der Waals surface area contributed by atoms with Crippen LogP contribution < -0.4 is 4.72 Å². The molecule has 1 aliphatic heterocycles. The standard InChI is InChI=1S/C28H38FN3O5S/c1-20-16-25(30-38(34,35)31(2)3)26(32(20)28(33)37-18-21-10-6-4-7-11-21)19-36-27-15-14-23(17-24(27)29)22-12-8-5-9-13-22/h4-13,20,23-27,30H,14-19H2,1-3H3/t20-,23?,24?,25?,26?,27?/m1/s1. The lowest BCUT2D eigenvalue weighted by Gasteiger charge is -2.35. The molecule has 10 heteroatoms. The molecule has 1 N–H and O–H groups in total. The summed E-state index contributed by atoms with van der Waals surface area (Å²) in [6.07, 6.45) is -0.199. The van der Waals surface area contributed by atoms with E-state index in [0.29, 0.717) is 19.3 Å². The first-order valence-electron chi connectivity index (χ1n) is 13.1. The van der Waals surface area contributed by atoms with Crippen molar-refractivity contribution in [2.45, 2.75) is 75.5 Å². The Balaban J connectivity index is 1.44. The molecule has 2 aliphatic rings. The third-order valence-corrected chi connectivity index (χ3v) is 9.12. The Hall–Kier alpha value is -2.53. The normalized spacial score (nSPS) is 28.0. The average molecular weight is 548 g/mol. The maximum absolute atomic E-state index is 15.2. The second kappa shape index (κ2) is 12.5. The van der Waals surface area contributed by atoms with Crippen molar-refractivity contribution in [3.8, 4) is 0 Å². The van der Waals surface area contributed by atoms with Crippen molar-refractivity contribution in [3.63, 3.8) is 0 Å². The van der Waals surface area contributed by atoms with Gasteiger partial charge in [0.2, 0.25) is 0 Å². The van der Waals surface area contributed by atoms with E-state index in [9.17, 15) is 13.2 Å². The summed E-state index contributed by atoms with van der Waals surface area (Å²) in [5.41, 5.74) is 1.98. The van der Waals surface area contributed by atoms with Gasteiger partial charge < -0.3 is 9.47 Å². The fourth-order valence-electron chi connectivity index (χ4n) is 5.41. The van der Waals surface area contributed by atoms with Crippen LogP contribution in [0.5, 0.6) is 0 Å². The van der Waals surface area contributed by atoms with E-state index in [1.807, 2.05) is 67.6 Å². The Morgan fingerprint density at radius 3 is 2.34 bits per heavy atom. The second-order valence-electron chi connectivity index (χ2n) is 10.4. The number of likely N-dealkylation sites (tertiary alicyclic amines) is 1. The van der Waals surface area contributed by atoms with Crippen LogP contribution in [0, 0.1) is 0 Å². The number of ether oxygens (including phenoxy) is 2. The quantitative estimate of drug-likeness (QED) is 0.507. The highest BCUT2D eigenvalue weighted by Crippen LogP contribution is 2.36. The van der Waals surface area contributed by atoms with Crippen LogP contribution in [-0.2, 0) is 26.3 Å². The number of hydrogen-bond acceptors (Lipinski definition) is 5. The van der Waals surface area contributed by atoms with E-state index in [1.165, 1.54) is 19.0 Å². The van der Waals surface area contributed by atoms with Crippen molar-refractivity contribution in [2.75, 3.05) is 20.7 Å². The number of rotatable bonds is 9. The highest BCUT2D eigenvalue weighted by atomic mass is 32.2. The van der Waals surface area contributed by atoms with E-state index in [1.54, 1.807) is 0 Å². The molecule has 1 amide bonds. The van der Waals surface area contributed by atoms with Crippen molar-refractivity contribution in [1.82, 2.24) is 13.9 Å². The lowest BCUT2D eigenvalue weighted by Crippen LogP contribution is -2.52. The largest absolute Gasteiger partial charge is 0.445 e. The van der Waals surface area contributed by atoms with E-state index in [2.05, 4.69) is 4.72 Å². The van der Waals surface area contributed by atoms with Gasteiger partial charge in [0.15, 0.2) is 0 Å². The molecular formula is C28H38FN3O5S. The Morgan fingerprint density at radius 2 is 1.71 bits per heavy atom. The first kappa shape index (κ1) is 28.5. The molecule has 1 saturated heterocycles. The number of benzene rings is 2. The Labute approximate surface area is 225 Å². The van der Waals surface area contributed by atoms with Crippen LogP contribution in [0.1, 0.15) is 49.7 Å². The molecule has 0 spiro atoms. The number of carbonyl (C=O) groups is 1. The maximum Gasteiger partial charge on any atom is 0.410 e. The fraction of sp³-hybridized carbons (Fsp3) is 0.536. The number of carbonyl (C=O) groups excluding carboxylic acids is 1. The number of halogens is 1. The molecule has 1 aliphatic carbocycles. The Bertz CT molecular complexity index is 1150. The topological polar surface area (TPSA) is 88.2 Å². The molecule has 8 nitrogen and oxygen atoms in total. The molecule has 38 heavy (non-hydrogen) atoms. The van der Waals surface area contributed by atoms with Gasteiger partial charge in [-0.15, -0.1) is 0 Å². The van der Waals surface area contributed by atoms with Crippen LogP contribution in [-0.4, -0.2) is 74.8 Å². The van der Waals surface area contributed by atoms with Crippen LogP contribution in [0.4, 0.5) is 9.18 Å². The van der Waals surface area contributed by atoms with E-state index in [0.717, 1.165) is 21.9 Å². The molecule has 2 fully saturated rings. The van der Waals surface area contributed by atoms with Crippen LogP contribution in [0.3, 0.4) is 0 Å². The Kier molecular flexibility index (Phi) is 9.40. The van der Waals surface area contributed by atoms with Gasteiger partial charge in [-0.2, -0.15) is 17.4 Å². The van der Waals surface area contributed by atoms with Gasteiger partial charge in [-0.3, -0.25) is 4.90 Å². The van der Waals surface area contributed by atoms with Gasteiger partial charge in [0.1, 0.15) is 12.8 Å². The summed E-state index contributed by atoms with van der Waals surface area (Å²) in [5, 5.41) is 0. The molecule has 0 radical (unpaired) electrons. The summed E-state index contributed by atoms with van der Waals surface area (Å²) < 4.78 is 56.0. The summed E-state index contributed by atoms with van der Waals surface area (Å²) in [4.78, 5) is 14.7. The highest BCUT2D eigenvalue weighted by molar-refractivity contribution is 7.87. The number of alkyl halides is 1. The molecular weight excluding hydrogens is 509 g/mol. The molecule has 2 aromatic rings. The second-order valence-corrected chi connectivity index (χ2v) is 12.3. The summed E-state index contributed by atoms with van der Waals surface area (Å²) >= 11 is 0. The van der Waals surface area contributed by atoms with Crippen LogP contribution >= 0.6 is 0 Å². The van der Waals surface area contributed by atoms with Gasteiger partial charge in [0.05, 0.1) is 18.8 Å². The van der Waals surface area contributed by atoms with Gasteiger partial charge in [0.25, 0.3) is 10.2 Å². The first-order chi connectivity index (χ1) is 18.2. The SMILES string of the molecule is C[C@@H]1CC(NS(=O)(=O)N(C)C)C(COC2CCC(c3ccccc3)CC2F)N1C(=O)OCc1ccccc1. The zero-order chi connectivity index (χ0) is 27.3. The van der Waals surface area contributed by atoms with E-state index < -0.39 is 40.7 Å². The van der Waals surface area contributed by atoms with Crippen molar-refractivity contribution in [2.24, 2.45) is 0 Å². The monoisotopic (exact) mass is 547 g/mol. The summed E-state index contributed by atoms with van der Waals surface area (Å²) in [7, 11) is -0.876. The molecule has 4 rings (SSSR count). The third-order valence-electron chi connectivity index (χ3n) is 7.55. The Morgan fingerprint density at radius 1 is 1.05 bits per heavy atom. The third kappa shape index (κ3) is 6.91. The van der Waals surface area contributed by atoms with E-state index in [4.69, 9.17) is 9.47 Å². The van der Waals surface area contributed by atoms with Crippen LogP contribution in [0.25, 0.3) is 0 Å². The van der Waals surface area contributed by atoms with E-state index in [-0.39, 0.29) is 25.2 Å². The lowest BCUT2D eigenvalue weighted by atomic mass is 9.81. The van der Waals surface area contributed by atoms with Gasteiger partial charge in [-0.1, -0.05) is 60.7 Å². The zero-order valence-corrected chi connectivity index (χ0v) is 23.0. The number of nitrogens with zero attached hydrogens (tertiary/aromatic N) is 2. The van der Waals surface area contributed by atoms with Crippen molar-refractivity contribution in [1.29, 1.82) is 0 Å². The fourth-order valence-corrected chi connectivity index (χ4v) is 6.26. The van der Waals surface area contributed by atoms with Crippen molar-refractivity contribution < 1.29 is 27.1 Å². The van der Waals surface area contributed by atoms with Crippen molar-refractivity contribution >= 4 is 16.3 Å². The molecule has 0 aromatic heterocycles. The molecule has 1 heterocycles. The van der Waals surface area contributed by atoms with Gasteiger partial charge in [-0.25, -0.2) is 9.18 Å². The molecule has 208 valence electrons. The molecule has 1 saturated carbocycles. The van der Waals surface area contributed by atoms with Gasteiger partial charge >= 0.3 is 6.09 Å². The smallest absolute Gasteiger partial charge is 0.410 e. The number of hydrogen-bond donors (Lipinski definition) is 1. The minimum Gasteiger partial charge on any atom is -0.445 e. The van der Waals surface area contributed by atoms with Gasteiger partial charge in [0, 0.05) is 26.2 Å². The zero-order valence-electron chi connectivity index (χ0n) is 22.2. The minimum absolute atomic E-state index is 0.00643.